The smallest absolute Gasteiger partial charge is 0.105 e. The number of aliphatic hydroxyl groups is 1. The molecule has 3 N–H and O–H groups in total. The molecule has 0 radical (unpaired) electrons. The minimum atomic E-state index is 0.0166. The molecule has 0 fully saturated rings. The average molecular weight is 169 g/mol. The first-order valence-electron chi connectivity index (χ1n) is 4.08. The number of aromatic nitrogens is 2. The lowest BCUT2D eigenvalue weighted by Gasteiger charge is -2.11. The summed E-state index contributed by atoms with van der Waals surface area (Å²) in [6.45, 7) is 2.81. The molecule has 1 aromatic heterocycles. The Morgan fingerprint density at radius 2 is 2.50 bits per heavy atom. The Kier molecular flexibility index (Phi) is 3.25. The molecule has 0 aliphatic rings. The number of aliphatic hydroxyl groups excluding tert-OH is 1. The van der Waals surface area contributed by atoms with E-state index in [9.17, 15) is 0 Å². The Morgan fingerprint density at radius 1 is 1.75 bits per heavy atom. The molecule has 0 amide bonds. The zero-order valence-corrected chi connectivity index (χ0v) is 7.27. The largest absolute Gasteiger partial charge is 0.396 e. The van der Waals surface area contributed by atoms with Crippen LogP contribution in [-0.2, 0) is 6.54 Å². The average Bonchev–Trinajstić information content (AvgIpc) is 2.37. The number of rotatable bonds is 4. The molecule has 1 rings (SSSR count). The van der Waals surface area contributed by atoms with E-state index in [1.807, 2.05) is 17.7 Å². The van der Waals surface area contributed by atoms with Gasteiger partial charge in [-0.3, -0.25) is 0 Å². The predicted molar refractivity (Wildman–Crippen MR) is 46.6 cm³/mol. The van der Waals surface area contributed by atoms with Gasteiger partial charge in [-0.2, -0.15) is 0 Å². The molecule has 0 aromatic carbocycles. The number of hydrogen-bond acceptors (Lipinski definition) is 3. The Balaban J connectivity index is 2.46. The Morgan fingerprint density at radius 3 is 3.00 bits per heavy atom. The van der Waals surface area contributed by atoms with E-state index >= 15 is 0 Å². The minimum absolute atomic E-state index is 0.0166. The summed E-state index contributed by atoms with van der Waals surface area (Å²) in [5.74, 6) is 0.961. The molecule has 68 valence electrons. The molecular weight excluding hydrogens is 154 g/mol. The fourth-order valence-corrected chi connectivity index (χ4v) is 1.11. The van der Waals surface area contributed by atoms with Crippen molar-refractivity contribution in [3.8, 4) is 0 Å². The topological polar surface area (TPSA) is 64.1 Å². The third-order valence-electron chi connectivity index (χ3n) is 1.85. The monoisotopic (exact) mass is 169 g/mol. The number of nitrogens with two attached hydrogens (primary N) is 1. The summed E-state index contributed by atoms with van der Waals surface area (Å²) < 4.78 is 1.99. The van der Waals surface area contributed by atoms with E-state index in [0.717, 1.165) is 12.4 Å². The van der Waals surface area contributed by atoms with Crippen molar-refractivity contribution in [3.05, 3.63) is 18.2 Å². The Hall–Kier alpha value is -0.870. The summed E-state index contributed by atoms with van der Waals surface area (Å²) in [7, 11) is 0. The highest BCUT2D eigenvalue weighted by atomic mass is 16.3. The van der Waals surface area contributed by atoms with Gasteiger partial charge in [0.25, 0.3) is 0 Å². The second-order valence-electron chi connectivity index (χ2n) is 2.90. The van der Waals surface area contributed by atoms with Crippen molar-refractivity contribution in [1.29, 1.82) is 0 Å². The first-order valence-corrected chi connectivity index (χ1v) is 4.08. The summed E-state index contributed by atoms with van der Waals surface area (Å²) in [6.07, 6.45) is 4.28. The highest BCUT2D eigenvalue weighted by Gasteiger charge is 2.03. The number of imidazole rings is 1. The maximum absolute atomic E-state index is 8.63. The summed E-state index contributed by atoms with van der Waals surface area (Å²) >= 11 is 0. The zero-order valence-electron chi connectivity index (χ0n) is 7.27. The van der Waals surface area contributed by atoms with Gasteiger partial charge in [0.15, 0.2) is 0 Å². The van der Waals surface area contributed by atoms with E-state index < -0.39 is 0 Å². The summed E-state index contributed by atoms with van der Waals surface area (Å²) in [4.78, 5) is 4.07. The third-order valence-corrected chi connectivity index (χ3v) is 1.85. The van der Waals surface area contributed by atoms with Crippen LogP contribution < -0.4 is 5.73 Å². The fourth-order valence-electron chi connectivity index (χ4n) is 1.11. The highest BCUT2D eigenvalue weighted by molar-refractivity contribution is 4.89. The minimum Gasteiger partial charge on any atom is -0.396 e. The second kappa shape index (κ2) is 4.23. The summed E-state index contributed by atoms with van der Waals surface area (Å²) in [6, 6.07) is 0.0166. The van der Waals surface area contributed by atoms with E-state index in [-0.39, 0.29) is 12.6 Å². The molecule has 0 saturated heterocycles. The Bertz CT molecular complexity index is 234. The van der Waals surface area contributed by atoms with Crippen LogP contribution in [0.25, 0.3) is 0 Å². The van der Waals surface area contributed by atoms with Gasteiger partial charge in [-0.05, 0) is 13.3 Å². The van der Waals surface area contributed by atoms with Gasteiger partial charge >= 0.3 is 0 Å². The molecule has 0 aliphatic carbocycles. The van der Waals surface area contributed by atoms with E-state index in [2.05, 4.69) is 4.98 Å². The SMILES string of the molecule is Cc1nccn1CC(N)CCO. The quantitative estimate of drug-likeness (QED) is 0.661. The van der Waals surface area contributed by atoms with Crippen molar-refractivity contribution in [1.82, 2.24) is 9.55 Å². The predicted octanol–water partition coefficient (Wildman–Crippen LogP) is -0.0988. The van der Waals surface area contributed by atoms with Crippen LogP contribution in [0.3, 0.4) is 0 Å². The van der Waals surface area contributed by atoms with Crippen LogP contribution in [0.15, 0.2) is 12.4 Å². The fraction of sp³-hybridized carbons (Fsp3) is 0.625. The highest BCUT2D eigenvalue weighted by Crippen LogP contribution is 1.98. The van der Waals surface area contributed by atoms with E-state index in [1.54, 1.807) is 6.20 Å². The van der Waals surface area contributed by atoms with Crippen LogP contribution in [0.2, 0.25) is 0 Å². The third kappa shape index (κ3) is 2.32. The maximum Gasteiger partial charge on any atom is 0.105 e. The molecule has 1 aromatic rings. The summed E-state index contributed by atoms with van der Waals surface area (Å²) in [5, 5.41) is 8.63. The van der Waals surface area contributed by atoms with Crippen LogP contribution in [0.1, 0.15) is 12.2 Å². The number of nitrogens with zero attached hydrogens (tertiary/aromatic N) is 2. The summed E-state index contributed by atoms with van der Waals surface area (Å²) in [5.41, 5.74) is 5.74. The van der Waals surface area contributed by atoms with Gasteiger partial charge in [0, 0.05) is 31.6 Å². The molecule has 4 heteroatoms. The molecule has 0 spiro atoms. The van der Waals surface area contributed by atoms with Crippen molar-refractivity contribution < 1.29 is 5.11 Å². The van der Waals surface area contributed by atoms with Gasteiger partial charge in [0.1, 0.15) is 5.82 Å². The van der Waals surface area contributed by atoms with E-state index in [4.69, 9.17) is 10.8 Å². The molecule has 1 unspecified atom stereocenters. The van der Waals surface area contributed by atoms with Crippen LogP contribution in [0, 0.1) is 6.92 Å². The number of hydrogen-bond donors (Lipinski definition) is 2. The lowest BCUT2D eigenvalue weighted by atomic mass is 10.2. The maximum atomic E-state index is 8.63. The lowest BCUT2D eigenvalue weighted by molar-refractivity contribution is 0.270. The van der Waals surface area contributed by atoms with E-state index in [0.29, 0.717) is 6.42 Å². The van der Waals surface area contributed by atoms with Crippen molar-refractivity contribution in [2.75, 3.05) is 6.61 Å². The lowest BCUT2D eigenvalue weighted by Crippen LogP contribution is -2.27. The van der Waals surface area contributed by atoms with Crippen LogP contribution >= 0.6 is 0 Å². The van der Waals surface area contributed by atoms with Crippen molar-refractivity contribution in [2.45, 2.75) is 25.9 Å². The first-order chi connectivity index (χ1) is 5.74. The zero-order chi connectivity index (χ0) is 8.97. The van der Waals surface area contributed by atoms with Crippen LogP contribution in [0.4, 0.5) is 0 Å². The van der Waals surface area contributed by atoms with Crippen LogP contribution in [0.5, 0.6) is 0 Å². The van der Waals surface area contributed by atoms with Crippen molar-refractivity contribution >= 4 is 0 Å². The molecule has 1 atom stereocenters. The molecule has 1 heterocycles. The molecule has 4 nitrogen and oxygen atoms in total. The second-order valence-corrected chi connectivity index (χ2v) is 2.90. The number of aryl methyl sites for hydroxylation is 1. The van der Waals surface area contributed by atoms with Gasteiger partial charge in [0.2, 0.25) is 0 Å². The van der Waals surface area contributed by atoms with Gasteiger partial charge in [-0.1, -0.05) is 0 Å². The normalized spacial score (nSPS) is 13.2. The first kappa shape index (κ1) is 9.22. The Labute approximate surface area is 72.0 Å². The van der Waals surface area contributed by atoms with Crippen molar-refractivity contribution in [2.24, 2.45) is 5.73 Å². The molecular formula is C8H15N3O. The molecule has 0 aliphatic heterocycles. The van der Waals surface area contributed by atoms with Gasteiger partial charge in [-0.25, -0.2) is 4.98 Å². The molecule has 0 bridgehead atoms. The van der Waals surface area contributed by atoms with Gasteiger partial charge in [-0.15, -0.1) is 0 Å². The standard InChI is InChI=1S/C8H15N3O/c1-7-10-3-4-11(7)6-8(9)2-5-12/h3-4,8,12H,2,5-6,9H2,1H3. The van der Waals surface area contributed by atoms with Crippen LogP contribution in [-0.4, -0.2) is 27.3 Å². The molecule has 12 heavy (non-hydrogen) atoms. The van der Waals surface area contributed by atoms with E-state index in [1.165, 1.54) is 0 Å². The van der Waals surface area contributed by atoms with Crippen molar-refractivity contribution in [3.63, 3.8) is 0 Å². The van der Waals surface area contributed by atoms with Gasteiger partial charge < -0.3 is 15.4 Å². The molecule has 0 saturated carbocycles. The van der Waals surface area contributed by atoms with Gasteiger partial charge in [0.05, 0.1) is 0 Å².